The van der Waals surface area contributed by atoms with E-state index in [2.05, 4.69) is 36.2 Å². The summed E-state index contributed by atoms with van der Waals surface area (Å²) in [6.07, 6.45) is 2.87. The molecule has 0 aliphatic rings. The molecule has 7 nitrogen and oxygen atoms in total. The molecule has 0 unspecified atom stereocenters. The Labute approximate surface area is 149 Å². The average Bonchev–Trinajstić information content (AvgIpc) is 3.15. The molecular formula is C19H21N5O2. The van der Waals surface area contributed by atoms with E-state index in [-0.39, 0.29) is 11.2 Å². The van der Waals surface area contributed by atoms with Gasteiger partial charge in [-0.15, -0.1) is 0 Å². The van der Waals surface area contributed by atoms with E-state index in [0.717, 1.165) is 17.8 Å². The number of aromatic nitrogens is 5. The van der Waals surface area contributed by atoms with Crippen molar-refractivity contribution < 1.29 is 0 Å². The highest BCUT2D eigenvalue weighted by Gasteiger charge is 2.20. The fraction of sp³-hybridized carbons (Fsp3) is 0.316. The van der Waals surface area contributed by atoms with E-state index in [1.54, 1.807) is 18.4 Å². The van der Waals surface area contributed by atoms with Crippen LogP contribution in [0.15, 0.2) is 40.1 Å². The molecule has 0 saturated carbocycles. The van der Waals surface area contributed by atoms with Crippen LogP contribution in [-0.4, -0.2) is 23.1 Å². The molecule has 4 aromatic rings. The number of rotatable bonds is 3. The summed E-state index contributed by atoms with van der Waals surface area (Å²) in [7, 11) is 1.65. The van der Waals surface area contributed by atoms with Gasteiger partial charge < -0.3 is 0 Å². The van der Waals surface area contributed by atoms with Gasteiger partial charge in [0.25, 0.3) is 5.56 Å². The minimum Gasteiger partial charge on any atom is -0.283 e. The van der Waals surface area contributed by atoms with Gasteiger partial charge >= 0.3 is 5.69 Å². The molecule has 7 heteroatoms. The molecular weight excluding hydrogens is 330 g/mol. The van der Waals surface area contributed by atoms with Crippen LogP contribution < -0.4 is 11.2 Å². The standard InChI is InChI=1S/C19H21N5O2/c1-5-13-7-9-14(10-8-13)24-12(3)11-23-15-16(20-18(23)24)21(4)19(26)22(6-2)17(15)25/h7-11H,5-6H2,1-4H3. The molecule has 0 spiro atoms. The van der Waals surface area contributed by atoms with Crippen molar-refractivity contribution in [1.82, 2.24) is 23.1 Å². The van der Waals surface area contributed by atoms with Gasteiger partial charge in [0.1, 0.15) is 0 Å². The van der Waals surface area contributed by atoms with Gasteiger partial charge in [-0.3, -0.25) is 22.9 Å². The van der Waals surface area contributed by atoms with Crippen LogP contribution in [0.1, 0.15) is 25.1 Å². The number of hydrogen-bond acceptors (Lipinski definition) is 3. The summed E-state index contributed by atoms with van der Waals surface area (Å²) in [5, 5.41) is 0. The molecule has 4 rings (SSSR count). The Hall–Kier alpha value is -3.09. The number of aryl methyl sites for hydroxylation is 3. The number of fused-ring (bicyclic) bond motifs is 3. The lowest BCUT2D eigenvalue weighted by molar-refractivity contribution is 0.637. The van der Waals surface area contributed by atoms with Crippen LogP contribution in [0.25, 0.3) is 22.6 Å². The van der Waals surface area contributed by atoms with Crippen molar-refractivity contribution in [3.05, 3.63) is 62.6 Å². The zero-order valence-corrected chi connectivity index (χ0v) is 15.4. The van der Waals surface area contributed by atoms with Gasteiger partial charge in [0.05, 0.1) is 0 Å². The summed E-state index contributed by atoms with van der Waals surface area (Å²) in [5.41, 5.74) is 3.38. The van der Waals surface area contributed by atoms with Crippen molar-refractivity contribution in [3.63, 3.8) is 0 Å². The molecule has 0 amide bonds. The normalized spacial score (nSPS) is 11.7. The first-order valence-electron chi connectivity index (χ1n) is 8.77. The predicted octanol–water partition coefficient (Wildman–Crippen LogP) is 2.03. The van der Waals surface area contributed by atoms with Crippen LogP contribution in [0.5, 0.6) is 0 Å². The molecule has 0 fully saturated rings. The van der Waals surface area contributed by atoms with Crippen molar-refractivity contribution in [2.24, 2.45) is 7.05 Å². The van der Waals surface area contributed by atoms with Gasteiger partial charge in [-0.25, -0.2) is 4.79 Å². The lowest BCUT2D eigenvalue weighted by atomic mass is 10.1. The lowest BCUT2D eigenvalue weighted by Crippen LogP contribution is -2.38. The van der Waals surface area contributed by atoms with Crippen LogP contribution in [0.2, 0.25) is 0 Å². The first-order valence-corrected chi connectivity index (χ1v) is 8.77. The maximum absolute atomic E-state index is 12.8. The first kappa shape index (κ1) is 16.4. The lowest BCUT2D eigenvalue weighted by Gasteiger charge is -2.07. The molecule has 0 aliphatic carbocycles. The van der Waals surface area contributed by atoms with Crippen LogP contribution in [0.3, 0.4) is 0 Å². The Bertz CT molecular complexity index is 1250. The SMILES string of the molecule is CCc1ccc(-n2c(C)cn3c4c(=O)n(CC)c(=O)n(C)c4nc23)cc1. The highest BCUT2D eigenvalue weighted by atomic mass is 16.2. The summed E-state index contributed by atoms with van der Waals surface area (Å²) in [4.78, 5) is 29.9. The van der Waals surface area contributed by atoms with Crippen molar-refractivity contribution in [1.29, 1.82) is 0 Å². The Morgan fingerprint density at radius 2 is 1.77 bits per heavy atom. The molecule has 0 bridgehead atoms. The number of benzene rings is 1. The smallest absolute Gasteiger partial charge is 0.283 e. The van der Waals surface area contributed by atoms with Gasteiger partial charge in [-0.05, 0) is 38.0 Å². The number of nitrogens with zero attached hydrogens (tertiary/aromatic N) is 5. The van der Waals surface area contributed by atoms with E-state index < -0.39 is 0 Å². The minimum atomic E-state index is -0.346. The Kier molecular flexibility index (Phi) is 3.61. The van der Waals surface area contributed by atoms with E-state index in [9.17, 15) is 9.59 Å². The van der Waals surface area contributed by atoms with Gasteiger partial charge in [0.15, 0.2) is 11.2 Å². The quantitative estimate of drug-likeness (QED) is 0.567. The topological polar surface area (TPSA) is 66.2 Å². The zero-order valence-electron chi connectivity index (χ0n) is 15.4. The van der Waals surface area contributed by atoms with E-state index >= 15 is 0 Å². The van der Waals surface area contributed by atoms with E-state index in [0.29, 0.717) is 23.5 Å². The Morgan fingerprint density at radius 3 is 2.38 bits per heavy atom. The molecule has 0 aliphatic heterocycles. The highest BCUT2D eigenvalue weighted by Crippen LogP contribution is 2.21. The molecule has 134 valence electrons. The fourth-order valence-electron chi connectivity index (χ4n) is 3.49. The maximum Gasteiger partial charge on any atom is 0.332 e. The highest BCUT2D eigenvalue weighted by molar-refractivity contribution is 5.76. The first-order chi connectivity index (χ1) is 12.5. The molecule has 1 aromatic carbocycles. The van der Waals surface area contributed by atoms with Crippen LogP contribution >= 0.6 is 0 Å². The fourth-order valence-corrected chi connectivity index (χ4v) is 3.49. The van der Waals surface area contributed by atoms with Crippen molar-refractivity contribution in [3.8, 4) is 5.69 Å². The van der Waals surface area contributed by atoms with Crippen molar-refractivity contribution >= 4 is 16.9 Å². The van der Waals surface area contributed by atoms with Crippen molar-refractivity contribution in [2.75, 3.05) is 0 Å². The maximum atomic E-state index is 12.8. The van der Waals surface area contributed by atoms with Gasteiger partial charge in [-0.1, -0.05) is 19.1 Å². The minimum absolute atomic E-state index is 0.309. The largest absolute Gasteiger partial charge is 0.332 e. The summed E-state index contributed by atoms with van der Waals surface area (Å²) < 4.78 is 6.46. The summed E-state index contributed by atoms with van der Waals surface area (Å²) in [5.74, 6) is 0.628. The third-order valence-corrected chi connectivity index (χ3v) is 4.95. The Balaban J connectivity index is 2.11. The molecule has 3 aromatic heterocycles. The third kappa shape index (κ3) is 2.09. The second-order valence-corrected chi connectivity index (χ2v) is 6.47. The molecule has 0 radical (unpaired) electrons. The van der Waals surface area contributed by atoms with E-state index in [1.807, 2.05) is 17.7 Å². The van der Waals surface area contributed by atoms with Gasteiger partial charge in [0.2, 0.25) is 5.78 Å². The second-order valence-electron chi connectivity index (χ2n) is 6.47. The average molecular weight is 351 g/mol. The van der Waals surface area contributed by atoms with Gasteiger partial charge in [-0.2, -0.15) is 4.98 Å². The Morgan fingerprint density at radius 1 is 1.08 bits per heavy atom. The summed E-state index contributed by atoms with van der Waals surface area (Å²) >= 11 is 0. The summed E-state index contributed by atoms with van der Waals surface area (Å²) in [6.45, 7) is 6.22. The van der Waals surface area contributed by atoms with Crippen LogP contribution in [-0.2, 0) is 20.0 Å². The monoisotopic (exact) mass is 351 g/mol. The predicted molar refractivity (Wildman–Crippen MR) is 101 cm³/mol. The number of imidazole rings is 2. The third-order valence-electron chi connectivity index (χ3n) is 4.95. The van der Waals surface area contributed by atoms with E-state index in [1.165, 1.54) is 14.7 Å². The molecule has 3 heterocycles. The van der Waals surface area contributed by atoms with Gasteiger partial charge in [0, 0.05) is 31.2 Å². The van der Waals surface area contributed by atoms with E-state index in [4.69, 9.17) is 0 Å². The molecule has 26 heavy (non-hydrogen) atoms. The molecule has 0 saturated heterocycles. The van der Waals surface area contributed by atoms with Crippen molar-refractivity contribution in [2.45, 2.75) is 33.7 Å². The zero-order chi connectivity index (χ0) is 18.6. The number of hydrogen-bond donors (Lipinski definition) is 0. The summed E-state index contributed by atoms with van der Waals surface area (Å²) in [6, 6.07) is 8.28. The molecule has 0 atom stereocenters. The van der Waals surface area contributed by atoms with Crippen LogP contribution in [0, 0.1) is 6.92 Å². The second kappa shape index (κ2) is 5.72. The molecule has 0 N–H and O–H groups in total. The van der Waals surface area contributed by atoms with Crippen LogP contribution in [0.4, 0.5) is 0 Å².